The summed E-state index contributed by atoms with van der Waals surface area (Å²) in [4.78, 5) is 0. The minimum absolute atomic E-state index is 1.16. The lowest BCUT2D eigenvalue weighted by atomic mass is 9.83. The smallest absolute Gasteiger partial charge is 0.0547 e. The standard InChI is InChI=1S/C54H35N/c1-4-16-36(17-5-1)41-33-42(37-18-6-2-7-19-37)35-43(34-41)51-45-24-12-13-25-46(45)52(40-29-28-38-20-10-11-21-39(38)32-40)54-48(51)30-31-50-53(54)47-26-14-15-27-49(47)55(50)44-22-8-3-9-23-44/h1-35H. The van der Waals surface area contributed by atoms with Crippen LogP contribution in [0.1, 0.15) is 0 Å². The Morgan fingerprint density at radius 1 is 0.255 bits per heavy atom. The molecule has 1 nitrogen and oxygen atoms in total. The van der Waals surface area contributed by atoms with Crippen LogP contribution in [0.25, 0.3) is 104 Å². The van der Waals surface area contributed by atoms with Gasteiger partial charge in [-0.3, -0.25) is 0 Å². The molecule has 0 atom stereocenters. The lowest BCUT2D eigenvalue weighted by Gasteiger charge is -2.20. The van der Waals surface area contributed by atoms with Crippen LogP contribution in [0.2, 0.25) is 0 Å². The van der Waals surface area contributed by atoms with Crippen LogP contribution in [0.4, 0.5) is 0 Å². The number of aromatic nitrogens is 1. The van der Waals surface area contributed by atoms with Crippen molar-refractivity contribution >= 4 is 54.1 Å². The third kappa shape index (κ3) is 5.09. The second-order valence-corrected chi connectivity index (χ2v) is 14.5. The second kappa shape index (κ2) is 12.7. The lowest BCUT2D eigenvalue weighted by Crippen LogP contribution is -1.95. The van der Waals surface area contributed by atoms with Crippen molar-refractivity contribution in [3.05, 3.63) is 212 Å². The van der Waals surface area contributed by atoms with Gasteiger partial charge in [-0.05, 0) is 120 Å². The van der Waals surface area contributed by atoms with Gasteiger partial charge in [0.2, 0.25) is 0 Å². The summed E-state index contributed by atoms with van der Waals surface area (Å²) in [5, 5.41) is 10.0. The Labute approximate surface area is 320 Å². The van der Waals surface area contributed by atoms with Crippen LogP contribution in [-0.2, 0) is 0 Å². The molecule has 0 bridgehead atoms. The van der Waals surface area contributed by atoms with Crippen LogP contribution < -0.4 is 0 Å². The van der Waals surface area contributed by atoms with E-state index in [1.165, 1.54) is 98.6 Å². The molecular weight excluding hydrogens is 663 g/mol. The summed E-state index contributed by atoms with van der Waals surface area (Å²) in [6.07, 6.45) is 0. The Bertz CT molecular complexity index is 3170. The molecule has 1 aromatic heterocycles. The molecule has 11 aromatic rings. The summed E-state index contributed by atoms with van der Waals surface area (Å²) < 4.78 is 2.44. The molecule has 0 amide bonds. The van der Waals surface area contributed by atoms with Crippen molar-refractivity contribution in [2.75, 3.05) is 0 Å². The number of hydrogen-bond acceptors (Lipinski definition) is 0. The molecule has 0 saturated carbocycles. The van der Waals surface area contributed by atoms with Gasteiger partial charge in [-0.1, -0.05) is 164 Å². The number of fused-ring (bicyclic) bond motifs is 7. The maximum atomic E-state index is 2.44. The topological polar surface area (TPSA) is 4.93 Å². The van der Waals surface area contributed by atoms with Gasteiger partial charge in [0.15, 0.2) is 0 Å². The average Bonchev–Trinajstić information content (AvgIpc) is 3.61. The summed E-state index contributed by atoms with van der Waals surface area (Å²) in [6.45, 7) is 0. The van der Waals surface area contributed by atoms with Gasteiger partial charge in [0.05, 0.1) is 11.0 Å². The quantitative estimate of drug-likeness (QED) is 0.158. The van der Waals surface area contributed by atoms with E-state index in [0.29, 0.717) is 0 Å². The van der Waals surface area contributed by atoms with E-state index in [1.807, 2.05) is 0 Å². The zero-order valence-corrected chi connectivity index (χ0v) is 30.2. The van der Waals surface area contributed by atoms with Crippen LogP contribution in [0, 0.1) is 0 Å². The zero-order valence-electron chi connectivity index (χ0n) is 30.2. The molecule has 256 valence electrons. The van der Waals surface area contributed by atoms with Gasteiger partial charge in [-0.15, -0.1) is 0 Å². The van der Waals surface area contributed by atoms with Crippen LogP contribution in [0.15, 0.2) is 212 Å². The third-order valence-corrected chi connectivity index (χ3v) is 11.3. The molecule has 0 fully saturated rings. The maximum absolute atomic E-state index is 2.44. The first-order valence-electron chi connectivity index (χ1n) is 19.0. The van der Waals surface area contributed by atoms with Crippen molar-refractivity contribution in [1.82, 2.24) is 4.57 Å². The molecule has 11 rings (SSSR count). The van der Waals surface area contributed by atoms with Crippen LogP contribution >= 0.6 is 0 Å². The minimum Gasteiger partial charge on any atom is -0.309 e. The summed E-state index contributed by atoms with van der Waals surface area (Å²) in [7, 11) is 0. The lowest BCUT2D eigenvalue weighted by molar-refractivity contribution is 1.18. The SMILES string of the molecule is c1ccc(-c2cc(-c3ccccc3)cc(-c3c4ccccc4c(-c4ccc5ccccc5c4)c4c3ccc3c4c4ccccc4n3-c3ccccc3)c2)cc1. The molecule has 0 aliphatic rings. The van der Waals surface area contributed by atoms with E-state index in [1.54, 1.807) is 0 Å². The first-order chi connectivity index (χ1) is 27.3. The third-order valence-electron chi connectivity index (χ3n) is 11.3. The molecule has 0 aliphatic heterocycles. The van der Waals surface area contributed by atoms with Crippen molar-refractivity contribution in [1.29, 1.82) is 0 Å². The summed E-state index contributed by atoms with van der Waals surface area (Å²) >= 11 is 0. The van der Waals surface area contributed by atoms with Gasteiger partial charge in [-0.2, -0.15) is 0 Å². The van der Waals surface area contributed by atoms with Crippen LogP contribution in [0.3, 0.4) is 0 Å². The Hall–Kier alpha value is -7.22. The maximum Gasteiger partial charge on any atom is 0.0547 e. The normalized spacial score (nSPS) is 11.6. The summed E-state index contributed by atoms with van der Waals surface area (Å²) in [6, 6.07) is 77.9. The molecule has 1 heteroatoms. The van der Waals surface area contributed by atoms with E-state index in [4.69, 9.17) is 0 Å². The van der Waals surface area contributed by atoms with Crippen molar-refractivity contribution in [2.45, 2.75) is 0 Å². The number of benzene rings is 10. The largest absolute Gasteiger partial charge is 0.309 e. The Balaban J connectivity index is 1.34. The first kappa shape index (κ1) is 31.3. The van der Waals surface area contributed by atoms with E-state index in [0.717, 1.165) is 5.69 Å². The molecule has 0 radical (unpaired) electrons. The number of nitrogens with zero attached hydrogens (tertiary/aromatic N) is 1. The average molecular weight is 698 g/mol. The van der Waals surface area contributed by atoms with Crippen LogP contribution in [0.5, 0.6) is 0 Å². The molecule has 0 unspecified atom stereocenters. The van der Waals surface area contributed by atoms with Gasteiger partial charge >= 0.3 is 0 Å². The van der Waals surface area contributed by atoms with Gasteiger partial charge in [0.25, 0.3) is 0 Å². The highest BCUT2D eigenvalue weighted by Crippen LogP contribution is 2.49. The predicted octanol–water partition coefficient (Wildman–Crippen LogP) is 14.9. The van der Waals surface area contributed by atoms with Crippen molar-refractivity contribution < 1.29 is 0 Å². The highest BCUT2D eigenvalue weighted by atomic mass is 15.0. The zero-order chi connectivity index (χ0) is 36.3. The fourth-order valence-electron chi connectivity index (χ4n) is 8.90. The Morgan fingerprint density at radius 3 is 1.49 bits per heavy atom. The molecule has 1 heterocycles. The highest BCUT2D eigenvalue weighted by Gasteiger charge is 2.23. The highest BCUT2D eigenvalue weighted by molar-refractivity contribution is 6.32. The Kier molecular flexibility index (Phi) is 7.25. The molecular formula is C54H35N. The van der Waals surface area contributed by atoms with Gasteiger partial charge in [0, 0.05) is 21.8 Å². The van der Waals surface area contributed by atoms with E-state index < -0.39 is 0 Å². The fourth-order valence-corrected chi connectivity index (χ4v) is 8.90. The number of hydrogen-bond donors (Lipinski definition) is 0. The van der Waals surface area contributed by atoms with Gasteiger partial charge in [0.1, 0.15) is 0 Å². The molecule has 0 saturated heterocycles. The van der Waals surface area contributed by atoms with E-state index >= 15 is 0 Å². The molecule has 0 spiro atoms. The first-order valence-corrected chi connectivity index (χ1v) is 19.0. The molecule has 0 N–H and O–H groups in total. The van der Waals surface area contributed by atoms with Crippen molar-refractivity contribution in [2.24, 2.45) is 0 Å². The molecule has 55 heavy (non-hydrogen) atoms. The van der Waals surface area contributed by atoms with Crippen molar-refractivity contribution in [3.63, 3.8) is 0 Å². The molecule has 0 aliphatic carbocycles. The number of rotatable bonds is 5. The van der Waals surface area contributed by atoms with Gasteiger partial charge < -0.3 is 4.57 Å². The fraction of sp³-hybridized carbons (Fsp3) is 0. The van der Waals surface area contributed by atoms with E-state index in [2.05, 4.69) is 217 Å². The van der Waals surface area contributed by atoms with E-state index in [-0.39, 0.29) is 0 Å². The monoisotopic (exact) mass is 697 g/mol. The summed E-state index contributed by atoms with van der Waals surface area (Å²) in [5.74, 6) is 0. The summed E-state index contributed by atoms with van der Waals surface area (Å²) in [5.41, 5.74) is 13.3. The minimum atomic E-state index is 1.16. The molecule has 10 aromatic carbocycles. The van der Waals surface area contributed by atoms with Crippen LogP contribution in [-0.4, -0.2) is 4.57 Å². The number of para-hydroxylation sites is 2. The van der Waals surface area contributed by atoms with Gasteiger partial charge in [-0.25, -0.2) is 0 Å². The Morgan fingerprint density at radius 2 is 0.800 bits per heavy atom. The second-order valence-electron chi connectivity index (χ2n) is 14.5. The predicted molar refractivity (Wildman–Crippen MR) is 235 cm³/mol. The van der Waals surface area contributed by atoms with E-state index in [9.17, 15) is 0 Å². The van der Waals surface area contributed by atoms with Crippen molar-refractivity contribution in [3.8, 4) is 50.2 Å².